The molecule has 6 rings (SSSR count). The predicted octanol–water partition coefficient (Wildman–Crippen LogP) is 5.62. The van der Waals surface area contributed by atoms with Crippen LogP contribution in [0.3, 0.4) is 0 Å². The van der Waals surface area contributed by atoms with Gasteiger partial charge >= 0.3 is 6.03 Å². The minimum absolute atomic E-state index is 0.249. The number of hydrogen-bond acceptors (Lipinski definition) is 9. The second kappa shape index (κ2) is 11.9. The minimum atomic E-state index is -0.329. The summed E-state index contributed by atoms with van der Waals surface area (Å²) in [5, 5.41) is 3.77. The fourth-order valence-corrected chi connectivity index (χ4v) is 5.70. The molecule has 2 aromatic carbocycles. The first-order valence-corrected chi connectivity index (χ1v) is 14.4. The van der Waals surface area contributed by atoms with Crippen LogP contribution in [0.2, 0.25) is 5.02 Å². The molecule has 222 valence electrons. The molecule has 2 aliphatic heterocycles. The van der Waals surface area contributed by atoms with Gasteiger partial charge in [-0.15, -0.1) is 0 Å². The second-order valence-electron chi connectivity index (χ2n) is 10.5. The highest BCUT2D eigenvalue weighted by atomic mass is 35.5. The summed E-state index contributed by atoms with van der Waals surface area (Å²) >= 11 is 6.59. The van der Waals surface area contributed by atoms with E-state index in [2.05, 4.69) is 32.1 Å². The number of anilines is 6. The van der Waals surface area contributed by atoms with Gasteiger partial charge in [0.2, 0.25) is 5.95 Å². The second-order valence-corrected chi connectivity index (χ2v) is 10.9. The smallest absolute Gasteiger partial charge is 0.336 e. The number of ether oxygens (including phenoxy) is 2. The number of piperazine rings is 1. The molecule has 2 amide bonds. The average Bonchev–Trinajstić information content (AvgIpc) is 3.02. The quantitative estimate of drug-likeness (QED) is 0.289. The lowest BCUT2D eigenvalue weighted by atomic mass is 10.1. The lowest BCUT2D eigenvalue weighted by molar-refractivity contribution is 0.252. The zero-order chi connectivity index (χ0) is 30.1. The van der Waals surface area contributed by atoms with Crippen molar-refractivity contribution in [2.24, 2.45) is 0 Å². The van der Waals surface area contributed by atoms with E-state index >= 15 is 0 Å². The Balaban J connectivity index is 1.35. The number of nitrogens with one attached hydrogen (secondary N) is 1. The summed E-state index contributed by atoms with van der Waals surface area (Å²) < 4.78 is 11.0. The zero-order valence-corrected chi connectivity index (χ0v) is 25.3. The van der Waals surface area contributed by atoms with Gasteiger partial charge < -0.3 is 24.6 Å². The Morgan fingerprint density at radius 3 is 2.47 bits per heavy atom. The maximum Gasteiger partial charge on any atom is 0.336 e. The number of rotatable bonds is 7. The van der Waals surface area contributed by atoms with Gasteiger partial charge in [-0.25, -0.2) is 19.7 Å². The molecule has 43 heavy (non-hydrogen) atoms. The van der Waals surface area contributed by atoms with Crippen molar-refractivity contribution in [1.29, 1.82) is 0 Å². The van der Waals surface area contributed by atoms with E-state index in [4.69, 9.17) is 26.1 Å². The van der Waals surface area contributed by atoms with Gasteiger partial charge in [0, 0.05) is 49.7 Å². The van der Waals surface area contributed by atoms with Crippen molar-refractivity contribution in [2.45, 2.75) is 13.5 Å². The maximum atomic E-state index is 14.1. The number of halogens is 1. The van der Waals surface area contributed by atoms with Crippen molar-refractivity contribution in [2.75, 3.05) is 67.5 Å². The van der Waals surface area contributed by atoms with Crippen molar-refractivity contribution < 1.29 is 14.3 Å². The van der Waals surface area contributed by atoms with Gasteiger partial charge in [-0.3, -0.25) is 4.90 Å². The van der Waals surface area contributed by atoms with Crippen LogP contribution in [0.15, 0.2) is 60.9 Å². The minimum Gasteiger partial charge on any atom is -0.495 e. The van der Waals surface area contributed by atoms with E-state index in [9.17, 15) is 4.79 Å². The Kier molecular flexibility index (Phi) is 7.92. The molecule has 0 spiro atoms. The summed E-state index contributed by atoms with van der Waals surface area (Å²) in [6, 6.07) is 14.7. The number of likely N-dealkylation sites (N-methyl/N-ethyl adjacent to an activating group) is 1. The average molecular weight is 601 g/mol. The Bertz CT molecular complexity index is 1620. The van der Waals surface area contributed by atoms with Crippen molar-refractivity contribution in [3.8, 4) is 11.5 Å². The lowest BCUT2D eigenvalue weighted by Gasteiger charge is -2.36. The number of carbonyl (C=O) groups is 1. The number of aromatic nitrogens is 3. The highest BCUT2D eigenvalue weighted by molar-refractivity contribution is 6.34. The van der Waals surface area contributed by atoms with Crippen LogP contribution in [0.1, 0.15) is 11.1 Å². The maximum absolute atomic E-state index is 14.1. The number of nitrogens with zero attached hydrogens (tertiary/aromatic N) is 7. The first-order valence-electron chi connectivity index (χ1n) is 14.0. The number of amides is 2. The topological polar surface area (TPSA) is 99.2 Å². The molecular formula is C31H33ClN8O3. The van der Waals surface area contributed by atoms with E-state index in [0.29, 0.717) is 34.0 Å². The molecule has 2 aliphatic rings. The third kappa shape index (κ3) is 5.61. The van der Waals surface area contributed by atoms with Gasteiger partial charge in [0.25, 0.3) is 0 Å². The van der Waals surface area contributed by atoms with Crippen molar-refractivity contribution >= 4 is 52.3 Å². The number of fused-ring (bicyclic) bond motifs is 1. The summed E-state index contributed by atoms with van der Waals surface area (Å²) in [6.45, 7) is 6.03. The number of aryl methyl sites for hydroxylation is 1. The zero-order valence-electron chi connectivity index (χ0n) is 24.5. The van der Waals surface area contributed by atoms with Crippen LogP contribution < -0.4 is 29.5 Å². The molecule has 11 nitrogen and oxygen atoms in total. The normalized spacial score (nSPS) is 15.4. The van der Waals surface area contributed by atoms with E-state index in [1.54, 1.807) is 49.7 Å². The van der Waals surface area contributed by atoms with Crippen LogP contribution in [0.25, 0.3) is 0 Å². The van der Waals surface area contributed by atoms with Crippen molar-refractivity contribution in [1.82, 2.24) is 19.9 Å². The number of urea groups is 1. The largest absolute Gasteiger partial charge is 0.495 e. The third-order valence-electron chi connectivity index (χ3n) is 7.73. The fourth-order valence-electron chi connectivity index (χ4n) is 5.38. The third-order valence-corrected chi connectivity index (χ3v) is 8.03. The van der Waals surface area contributed by atoms with Gasteiger partial charge in [-0.05, 0) is 49.9 Å². The molecule has 1 fully saturated rings. The van der Waals surface area contributed by atoms with E-state index in [-0.39, 0.29) is 12.6 Å². The number of hydrogen-bond donors (Lipinski definition) is 1. The van der Waals surface area contributed by atoms with E-state index in [1.807, 2.05) is 37.3 Å². The molecule has 1 saturated heterocycles. The molecule has 0 atom stereocenters. The highest BCUT2D eigenvalue weighted by Gasteiger charge is 2.36. The van der Waals surface area contributed by atoms with E-state index < -0.39 is 0 Å². The SMILES string of the molecule is COc1ccc(N2C(=O)N(c3c(C)cccc3Cl)Cc3cnc(Nc4ccc(N5CCN(C)CC5)c(OC)c4)nc32)nc1. The van der Waals surface area contributed by atoms with Crippen molar-refractivity contribution in [3.05, 3.63) is 77.1 Å². The number of benzene rings is 2. The van der Waals surface area contributed by atoms with Crippen LogP contribution >= 0.6 is 11.6 Å². The number of carbonyl (C=O) groups excluding carboxylic acids is 1. The monoisotopic (exact) mass is 600 g/mol. The summed E-state index contributed by atoms with van der Waals surface area (Å²) in [5.41, 5.74) is 4.06. The van der Waals surface area contributed by atoms with Crippen LogP contribution in [0.4, 0.5) is 39.4 Å². The van der Waals surface area contributed by atoms with Crippen LogP contribution in [0, 0.1) is 6.92 Å². The number of pyridine rings is 1. The molecule has 4 heterocycles. The first kappa shape index (κ1) is 28.5. The van der Waals surface area contributed by atoms with Gasteiger partial charge in [0.1, 0.15) is 17.3 Å². The fraction of sp³-hybridized carbons (Fsp3) is 0.290. The summed E-state index contributed by atoms with van der Waals surface area (Å²) in [5.74, 6) is 2.50. The standard InChI is InChI=1S/C31H33ClN8O3/c1-20-6-5-7-24(32)28(20)39-19-21-17-34-30(36-29(21)40(31(39)41)27-11-9-23(42-3)18-33-27)35-22-8-10-25(26(16-22)43-4)38-14-12-37(2)13-15-38/h5-11,16-18H,12-15,19H2,1-4H3,(H,34,35,36). The van der Waals surface area contributed by atoms with Crippen LogP contribution in [0.5, 0.6) is 11.5 Å². The first-order chi connectivity index (χ1) is 20.9. The molecule has 2 aromatic heterocycles. The Labute approximate surface area is 255 Å². The van der Waals surface area contributed by atoms with Crippen LogP contribution in [-0.4, -0.2) is 73.3 Å². The molecule has 4 aromatic rings. The molecule has 0 saturated carbocycles. The Morgan fingerprint density at radius 2 is 1.77 bits per heavy atom. The molecule has 0 bridgehead atoms. The number of para-hydroxylation sites is 1. The Hall–Kier alpha value is -4.61. The molecule has 0 unspecified atom stereocenters. The summed E-state index contributed by atoms with van der Waals surface area (Å²) in [7, 11) is 5.37. The summed E-state index contributed by atoms with van der Waals surface area (Å²) in [4.78, 5) is 35.8. The molecular weight excluding hydrogens is 568 g/mol. The van der Waals surface area contributed by atoms with Gasteiger partial charge in [-0.2, -0.15) is 4.98 Å². The van der Waals surface area contributed by atoms with E-state index in [1.165, 1.54) is 4.90 Å². The summed E-state index contributed by atoms with van der Waals surface area (Å²) in [6.07, 6.45) is 3.29. The highest BCUT2D eigenvalue weighted by Crippen LogP contribution is 2.40. The van der Waals surface area contributed by atoms with Gasteiger partial charge in [0.15, 0.2) is 5.82 Å². The number of methoxy groups -OCH3 is 2. The van der Waals surface area contributed by atoms with Crippen LogP contribution in [-0.2, 0) is 6.54 Å². The van der Waals surface area contributed by atoms with E-state index in [0.717, 1.165) is 54.4 Å². The van der Waals surface area contributed by atoms with Gasteiger partial charge in [0.05, 0.1) is 43.4 Å². The predicted molar refractivity (Wildman–Crippen MR) is 169 cm³/mol. The molecule has 0 aliphatic carbocycles. The molecule has 0 radical (unpaired) electrons. The molecule has 12 heteroatoms. The molecule has 1 N–H and O–H groups in total. The Morgan fingerprint density at radius 1 is 0.953 bits per heavy atom. The lowest BCUT2D eigenvalue weighted by Crippen LogP contribution is -2.46. The van der Waals surface area contributed by atoms with Gasteiger partial charge in [-0.1, -0.05) is 23.7 Å². The van der Waals surface area contributed by atoms with Crippen molar-refractivity contribution in [3.63, 3.8) is 0 Å².